The third-order valence-corrected chi connectivity index (χ3v) is 4.37. The van der Waals surface area contributed by atoms with Gasteiger partial charge >= 0.3 is 0 Å². The number of ether oxygens (including phenoxy) is 1. The smallest absolute Gasteiger partial charge is 0.254 e. The molecule has 1 heterocycles. The summed E-state index contributed by atoms with van der Waals surface area (Å²) in [7, 11) is 0. The van der Waals surface area contributed by atoms with Gasteiger partial charge in [0.2, 0.25) is 0 Å². The average Bonchev–Trinajstić information content (AvgIpc) is 2.64. The molecule has 0 aromatic heterocycles. The Labute approximate surface area is 147 Å². The molecule has 0 spiro atoms. The van der Waals surface area contributed by atoms with Crippen LogP contribution < -0.4 is 4.74 Å². The Bertz CT molecular complexity index is 710. The fourth-order valence-corrected chi connectivity index (χ4v) is 3.03. The summed E-state index contributed by atoms with van der Waals surface area (Å²) >= 11 is 0. The lowest BCUT2D eigenvalue weighted by Gasteiger charge is -2.34. The normalized spacial score (nSPS) is 15.2. The van der Waals surface area contributed by atoms with Gasteiger partial charge in [0.05, 0.1) is 6.61 Å². The van der Waals surface area contributed by atoms with E-state index in [1.165, 1.54) is 12.1 Å². The van der Waals surface area contributed by atoms with Crippen molar-refractivity contribution in [3.8, 4) is 5.75 Å². The minimum absolute atomic E-state index is 0.0444. The Morgan fingerprint density at radius 1 is 1.08 bits per heavy atom. The summed E-state index contributed by atoms with van der Waals surface area (Å²) in [5.41, 5.74) is 1.75. The second-order valence-electron chi connectivity index (χ2n) is 6.16. The molecule has 0 aliphatic carbocycles. The zero-order valence-corrected chi connectivity index (χ0v) is 14.5. The highest BCUT2D eigenvalue weighted by Crippen LogP contribution is 2.17. The van der Waals surface area contributed by atoms with E-state index in [0.29, 0.717) is 25.3 Å². The summed E-state index contributed by atoms with van der Waals surface area (Å²) < 4.78 is 18.4. The van der Waals surface area contributed by atoms with Crippen LogP contribution in [0.15, 0.2) is 48.5 Å². The van der Waals surface area contributed by atoms with E-state index in [1.54, 1.807) is 6.07 Å². The lowest BCUT2D eigenvalue weighted by atomic mass is 10.1. The second-order valence-corrected chi connectivity index (χ2v) is 6.16. The van der Waals surface area contributed by atoms with Crippen LogP contribution in [0.4, 0.5) is 4.39 Å². The molecule has 3 rings (SSSR count). The van der Waals surface area contributed by atoms with Crippen molar-refractivity contribution >= 4 is 5.91 Å². The van der Waals surface area contributed by atoms with Crippen LogP contribution in [0.5, 0.6) is 5.75 Å². The van der Waals surface area contributed by atoms with Crippen LogP contribution in [0.25, 0.3) is 0 Å². The monoisotopic (exact) mass is 342 g/mol. The molecule has 0 unspecified atom stereocenters. The number of benzene rings is 2. The summed E-state index contributed by atoms with van der Waals surface area (Å²) in [4.78, 5) is 16.8. The lowest BCUT2D eigenvalue weighted by Crippen LogP contribution is -2.48. The van der Waals surface area contributed by atoms with Crippen molar-refractivity contribution in [2.45, 2.75) is 13.5 Å². The molecule has 0 N–H and O–H groups in total. The molecule has 1 aliphatic rings. The Kier molecular flexibility index (Phi) is 5.66. The van der Waals surface area contributed by atoms with Gasteiger partial charge in [-0.05, 0) is 42.8 Å². The SMILES string of the molecule is CCOc1cccc(C(=O)N2CCN(Cc3ccc(F)cc3)CC2)c1. The molecule has 1 fully saturated rings. The predicted octanol–water partition coefficient (Wildman–Crippen LogP) is 3.18. The van der Waals surface area contributed by atoms with Gasteiger partial charge in [-0.25, -0.2) is 4.39 Å². The summed E-state index contributed by atoms with van der Waals surface area (Å²) in [6.07, 6.45) is 0. The molecular weight excluding hydrogens is 319 g/mol. The van der Waals surface area contributed by atoms with Gasteiger partial charge in [-0.2, -0.15) is 0 Å². The third kappa shape index (κ3) is 4.57. The van der Waals surface area contributed by atoms with Crippen LogP contribution in [0.1, 0.15) is 22.8 Å². The molecule has 5 heteroatoms. The molecule has 0 radical (unpaired) electrons. The first-order chi connectivity index (χ1) is 12.2. The van der Waals surface area contributed by atoms with E-state index in [1.807, 2.05) is 42.2 Å². The molecular formula is C20H23FN2O2. The third-order valence-electron chi connectivity index (χ3n) is 4.37. The van der Waals surface area contributed by atoms with Crippen molar-refractivity contribution in [2.24, 2.45) is 0 Å². The number of nitrogens with zero attached hydrogens (tertiary/aromatic N) is 2. The van der Waals surface area contributed by atoms with Gasteiger partial charge in [-0.1, -0.05) is 18.2 Å². The first-order valence-corrected chi connectivity index (χ1v) is 8.64. The molecule has 1 saturated heterocycles. The van der Waals surface area contributed by atoms with Gasteiger partial charge in [0.1, 0.15) is 11.6 Å². The maximum Gasteiger partial charge on any atom is 0.254 e. The minimum atomic E-state index is -0.214. The van der Waals surface area contributed by atoms with Crippen molar-refractivity contribution < 1.29 is 13.9 Å². The van der Waals surface area contributed by atoms with Crippen molar-refractivity contribution in [3.63, 3.8) is 0 Å². The Morgan fingerprint density at radius 2 is 1.80 bits per heavy atom. The fraction of sp³-hybridized carbons (Fsp3) is 0.350. The van der Waals surface area contributed by atoms with Gasteiger partial charge in [0.15, 0.2) is 0 Å². The van der Waals surface area contributed by atoms with E-state index in [2.05, 4.69) is 4.90 Å². The Hall–Kier alpha value is -2.40. The molecule has 132 valence electrons. The molecule has 0 bridgehead atoms. The number of halogens is 1. The molecule has 0 saturated carbocycles. The highest BCUT2D eigenvalue weighted by atomic mass is 19.1. The molecule has 2 aromatic carbocycles. The average molecular weight is 342 g/mol. The van der Waals surface area contributed by atoms with Crippen LogP contribution in [-0.2, 0) is 6.54 Å². The molecule has 1 aliphatic heterocycles. The van der Waals surface area contributed by atoms with Crippen molar-refractivity contribution in [1.82, 2.24) is 9.80 Å². The quantitative estimate of drug-likeness (QED) is 0.837. The number of hydrogen-bond donors (Lipinski definition) is 0. The highest BCUT2D eigenvalue weighted by molar-refractivity contribution is 5.94. The van der Waals surface area contributed by atoms with Crippen molar-refractivity contribution in [2.75, 3.05) is 32.8 Å². The van der Waals surface area contributed by atoms with Gasteiger partial charge in [0, 0.05) is 38.3 Å². The van der Waals surface area contributed by atoms with Gasteiger partial charge in [0.25, 0.3) is 5.91 Å². The first kappa shape index (κ1) is 17.4. The van der Waals surface area contributed by atoms with Crippen LogP contribution in [-0.4, -0.2) is 48.5 Å². The van der Waals surface area contributed by atoms with Gasteiger partial charge in [-0.15, -0.1) is 0 Å². The van der Waals surface area contributed by atoms with Crippen LogP contribution in [0.3, 0.4) is 0 Å². The molecule has 25 heavy (non-hydrogen) atoms. The molecule has 2 aromatic rings. The molecule has 0 atom stereocenters. The first-order valence-electron chi connectivity index (χ1n) is 8.64. The predicted molar refractivity (Wildman–Crippen MR) is 95.2 cm³/mol. The standard InChI is InChI=1S/C20H23FN2O2/c1-2-25-19-5-3-4-17(14-19)20(24)23-12-10-22(11-13-23)15-16-6-8-18(21)9-7-16/h3-9,14H,2,10-13,15H2,1H3. The van der Waals surface area contributed by atoms with E-state index < -0.39 is 0 Å². The topological polar surface area (TPSA) is 32.8 Å². The summed E-state index contributed by atoms with van der Waals surface area (Å²) in [6, 6.07) is 13.9. The second kappa shape index (κ2) is 8.12. The summed E-state index contributed by atoms with van der Waals surface area (Å²) in [6.45, 7) is 6.30. The Balaban J connectivity index is 1.55. The van der Waals surface area contributed by atoms with Gasteiger partial charge in [-0.3, -0.25) is 9.69 Å². The number of piperazine rings is 1. The van der Waals surface area contributed by atoms with Crippen LogP contribution >= 0.6 is 0 Å². The maximum absolute atomic E-state index is 13.0. The van der Waals surface area contributed by atoms with E-state index in [9.17, 15) is 9.18 Å². The Morgan fingerprint density at radius 3 is 2.48 bits per heavy atom. The number of amides is 1. The zero-order chi connectivity index (χ0) is 17.6. The number of carbonyl (C=O) groups is 1. The lowest BCUT2D eigenvalue weighted by molar-refractivity contribution is 0.0628. The number of hydrogen-bond acceptors (Lipinski definition) is 3. The van der Waals surface area contributed by atoms with E-state index in [0.717, 1.165) is 30.9 Å². The van der Waals surface area contributed by atoms with E-state index in [4.69, 9.17) is 4.74 Å². The van der Waals surface area contributed by atoms with E-state index >= 15 is 0 Å². The van der Waals surface area contributed by atoms with Crippen molar-refractivity contribution in [1.29, 1.82) is 0 Å². The summed E-state index contributed by atoms with van der Waals surface area (Å²) in [5, 5.41) is 0. The minimum Gasteiger partial charge on any atom is -0.494 e. The summed E-state index contributed by atoms with van der Waals surface area (Å²) in [5.74, 6) is 0.555. The largest absolute Gasteiger partial charge is 0.494 e. The maximum atomic E-state index is 13.0. The molecule has 4 nitrogen and oxygen atoms in total. The highest BCUT2D eigenvalue weighted by Gasteiger charge is 2.22. The van der Waals surface area contributed by atoms with E-state index in [-0.39, 0.29) is 11.7 Å². The number of rotatable bonds is 5. The number of carbonyl (C=O) groups excluding carboxylic acids is 1. The van der Waals surface area contributed by atoms with Gasteiger partial charge < -0.3 is 9.64 Å². The molecule has 1 amide bonds. The fourth-order valence-electron chi connectivity index (χ4n) is 3.03. The van der Waals surface area contributed by atoms with Crippen LogP contribution in [0.2, 0.25) is 0 Å². The zero-order valence-electron chi connectivity index (χ0n) is 14.5. The van der Waals surface area contributed by atoms with Crippen LogP contribution in [0, 0.1) is 5.82 Å². The van der Waals surface area contributed by atoms with Crippen molar-refractivity contribution in [3.05, 3.63) is 65.5 Å².